The molecule has 40 heavy (non-hydrogen) atoms. The average molecular weight is 566 g/mol. The van der Waals surface area contributed by atoms with E-state index in [-0.39, 0.29) is 11.9 Å². The molecule has 0 unspecified atom stereocenters. The molecule has 0 saturated heterocycles. The Hall–Kier alpha value is -3.51. The maximum atomic E-state index is 14.1. The number of amides is 1. The molecular formula is C34H32ClN3OS. The lowest BCUT2D eigenvalue weighted by atomic mass is 9.89. The van der Waals surface area contributed by atoms with E-state index in [1.807, 2.05) is 55.8 Å². The van der Waals surface area contributed by atoms with Crippen LogP contribution in [0.2, 0.25) is 5.02 Å². The minimum absolute atomic E-state index is 0.0354. The van der Waals surface area contributed by atoms with Gasteiger partial charge in [-0.3, -0.25) is 9.78 Å². The standard InChI is InChI=1S/C34H32ClN3OS/c1-36-28-13-15-29(16-14-28)38(34(39)33-32(35)30-7-2-3-8-31(30)40-33)22-23-9-11-24(12-10-23)26-5-4-6-27(21-26)25-17-19-37-20-18-25/h2-12,17-21,28-29,36H,13-16,22H2,1H3. The monoisotopic (exact) mass is 565 g/mol. The van der Waals surface area contributed by atoms with E-state index in [0.29, 0.717) is 22.5 Å². The SMILES string of the molecule is CNC1CCC(N(Cc2ccc(-c3cccc(-c4ccncc4)c3)cc2)C(=O)c2sc3ccccc3c2Cl)CC1. The summed E-state index contributed by atoms with van der Waals surface area (Å²) in [6, 6.07) is 30.0. The number of hydrogen-bond acceptors (Lipinski definition) is 4. The summed E-state index contributed by atoms with van der Waals surface area (Å²) in [4.78, 5) is 20.9. The van der Waals surface area contributed by atoms with Gasteiger partial charge < -0.3 is 10.2 Å². The summed E-state index contributed by atoms with van der Waals surface area (Å²) in [5.74, 6) is 0.0354. The molecule has 2 heterocycles. The first kappa shape index (κ1) is 26.7. The van der Waals surface area contributed by atoms with Crippen molar-refractivity contribution in [1.29, 1.82) is 0 Å². The number of carbonyl (C=O) groups is 1. The quantitative estimate of drug-likeness (QED) is 0.215. The fraction of sp³-hybridized carbons (Fsp3) is 0.235. The summed E-state index contributed by atoms with van der Waals surface area (Å²) in [5.41, 5.74) is 5.75. The van der Waals surface area contributed by atoms with Crippen molar-refractivity contribution in [3.63, 3.8) is 0 Å². The van der Waals surface area contributed by atoms with Crippen molar-refractivity contribution in [3.05, 3.63) is 113 Å². The summed E-state index contributed by atoms with van der Waals surface area (Å²) < 4.78 is 1.05. The van der Waals surface area contributed by atoms with E-state index in [9.17, 15) is 4.79 Å². The summed E-state index contributed by atoms with van der Waals surface area (Å²) in [6.07, 6.45) is 7.75. The number of rotatable bonds is 7. The minimum Gasteiger partial charge on any atom is -0.331 e. The number of nitrogens with zero attached hydrogens (tertiary/aromatic N) is 2. The largest absolute Gasteiger partial charge is 0.331 e. The molecule has 1 aliphatic rings. The molecule has 0 atom stereocenters. The molecule has 1 aliphatic carbocycles. The highest BCUT2D eigenvalue weighted by molar-refractivity contribution is 7.21. The molecule has 1 N–H and O–H groups in total. The normalized spacial score (nSPS) is 17.1. The van der Waals surface area contributed by atoms with Crippen molar-refractivity contribution in [2.24, 2.45) is 0 Å². The molecule has 5 aromatic rings. The average Bonchev–Trinajstić information content (AvgIpc) is 3.36. The Morgan fingerprint density at radius 2 is 1.55 bits per heavy atom. The molecular weight excluding hydrogens is 534 g/mol. The van der Waals surface area contributed by atoms with Crippen LogP contribution in [-0.4, -0.2) is 34.9 Å². The van der Waals surface area contributed by atoms with Crippen molar-refractivity contribution < 1.29 is 4.79 Å². The van der Waals surface area contributed by atoms with Gasteiger partial charge in [0.1, 0.15) is 4.88 Å². The summed E-state index contributed by atoms with van der Waals surface area (Å²) in [7, 11) is 2.03. The lowest BCUT2D eigenvalue weighted by Crippen LogP contribution is -2.44. The highest BCUT2D eigenvalue weighted by Crippen LogP contribution is 2.37. The van der Waals surface area contributed by atoms with Gasteiger partial charge >= 0.3 is 0 Å². The van der Waals surface area contributed by atoms with Crippen LogP contribution in [0.3, 0.4) is 0 Å². The second-order valence-corrected chi connectivity index (χ2v) is 11.9. The minimum atomic E-state index is 0.0354. The Kier molecular flexibility index (Phi) is 7.96. The van der Waals surface area contributed by atoms with E-state index in [0.717, 1.165) is 63.6 Å². The Bertz CT molecular complexity index is 1610. The van der Waals surface area contributed by atoms with Gasteiger partial charge in [0, 0.05) is 41.1 Å². The molecule has 0 aliphatic heterocycles. The molecule has 4 nitrogen and oxygen atoms in total. The first-order valence-corrected chi connectivity index (χ1v) is 15.0. The molecule has 1 amide bonds. The van der Waals surface area contributed by atoms with Crippen LogP contribution < -0.4 is 5.32 Å². The van der Waals surface area contributed by atoms with E-state index in [1.54, 1.807) is 0 Å². The molecule has 0 bridgehead atoms. The van der Waals surface area contributed by atoms with E-state index in [2.05, 4.69) is 63.7 Å². The number of carbonyl (C=O) groups excluding carboxylic acids is 1. The zero-order valence-electron chi connectivity index (χ0n) is 22.5. The number of hydrogen-bond donors (Lipinski definition) is 1. The highest BCUT2D eigenvalue weighted by Gasteiger charge is 2.31. The molecule has 0 radical (unpaired) electrons. The van der Waals surface area contributed by atoms with Crippen LogP contribution in [0, 0.1) is 0 Å². The third-order valence-electron chi connectivity index (χ3n) is 8.05. The van der Waals surface area contributed by atoms with Crippen LogP contribution in [0.1, 0.15) is 40.9 Å². The van der Waals surface area contributed by atoms with E-state index >= 15 is 0 Å². The van der Waals surface area contributed by atoms with Gasteiger partial charge in [0.2, 0.25) is 0 Å². The molecule has 1 fully saturated rings. The Labute approximate surface area is 244 Å². The van der Waals surface area contributed by atoms with Crippen molar-refractivity contribution in [1.82, 2.24) is 15.2 Å². The number of halogens is 1. The van der Waals surface area contributed by atoms with Crippen molar-refractivity contribution in [2.45, 2.75) is 44.3 Å². The molecule has 1 saturated carbocycles. The molecule has 3 aromatic carbocycles. The third kappa shape index (κ3) is 5.55. The second-order valence-electron chi connectivity index (χ2n) is 10.5. The Balaban J connectivity index is 1.27. The maximum Gasteiger partial charge on any atom is 0.266 e. The highest BCUT2D eigenvalue weighted by atomic mass is 35.5. The number of pyridine rings is 1. The lowest BCUT2D eigenvalue weighted by molar-refractivity contribution is 0.0606. The van der Waals surface area contributed by atoms with Gasteiger partial charge in [0.05, 0.1) is 5.02 Å². The second kappa shape index (κ2) is 11.9. The van der Waals surface area contributed by atoms with Gasteiger partial charge in [-0.05, 0) is 84.8 Å². The van der Waals surface area contributed by atoms with Crippen LogP contribution in [0.15, 0.2) is 97.3 Å². The smallest absolute Gasteiger partial charge is 0.266 e. The Morgan fingerprint density at radius 3 is 2.23 bits per heavy atom. The fourth-order valence-corrected chi connectivity index (χ4v) is 7.21. The van der Waals surface area contributed by atoms with E-state index < -0.39 is 0 Å². The summed E-state index contributed by atoms with van der Waals surface area (Å²) in [5, 5.41) is 4.94. The first-order chi connectivity index (χ1) is 19.6. The molecule has 202 valence electrons. The molecule has 2 aromatic heterocycles. The molecule has 6 heteroatoms. The van der Waals surface area contributed by atoms with Gasteiger partial charge in [0.25, 0.3) is 5.91 Å². The maximum absolute atomic E-state index is 14.1. The number of nitrogens with one attached hydrogen (secondary N) is 1. The van der Waals surface area contributed by atoms with Crippen LogP contribution in [-0.2, 0) is 6.54 Å². The topological polar surface area (TPSA) is 45.2 Å². The van der Waals surface area contributed by atoms with Gasteiger partial charge in [-0.15, -0.1) is 11.3 Å². The summed E-state index contributed by atoms with van der Waals surface area (Å²) in [6.45, 7) is 0.565. The molecule has 0 spiro atoms. The number of thiophene rings is 1. The van der Waals surface area contributed by atoms with Crippen LogP contribution >= 0.6 is 22.9 Å². The fourth-order valence-electron chi connectivity index (χ4n) is 5.75. The third-order valence-corrected chi connectivity index (χ3v) is 9.72. The van der Waals surface area contributed by atoms with Crippen molar-refractivity contribution >= 4 is 38.9 Å². The van der Waals surface area contributed by atoms with Gasteiger partial charge in [-0.1, -0.05) is 72.3 Å². The Morgan fingerprint density at radius 1 is 0.875 bits per heavy atom. The molecule has 6 rings (SSSR count). The zero-order chi connectivity index (χ0) is 27.5. The van der Waals surface area contributed by atoms with Gasteiger partial charge in [-0.2, -0.15) is 0 Å². The van der Waals surface area contributed by atoms with E-state index in [1.165, 1.54) is 11.3 Å². The van der Waals surface area contributed by atoms with E-state index in [4.69, 9.17) is 11.6 Å². The first-order valence-electron chi connectivity index (χ1n) is 13.9. The van der Waals surface area contributed by atoms with Crippen LogP contribution in [0.25, 0.3) is 32.3 Å². The number of aromatic nitrogens is 1. The van der Waals surface area contributed by atoms with Crippen molar-refractivity contribution in [3.8, 4) is 22.3 Å². The lowest BCUT2D eigenvalue weighted by Gasteiger charge is -2.37. The van der Waals surface area contributed by atoms with Gasteiger partial charge in [-0.25, -0.2) is 0 Å². The summed E-state index contributed by atoms with van der Waals surface area (Å²) >= 11 is 8.28. The number of benzene rings is 3. The predicted octanol–water partition coefficient (Wildman–Crippen LogP) is 8.46. The zero-order valence-corrected chi connectivity index (χ0v) is 24.1. The van der Waals surface area contributed by atoms with Crippen LogP contribution in [0.4, 0.5) is 0 Å². The van der Waals surface area contributed by atoms with Gasteiger partial charge in [0.15, 0.2) is 0 Å². The number of fused-ring (bicyclic) bond motifs is 1. The predicted molar refractivity (Wildman–Crippen MR) is 167 cm³/mol. The van der Waals surface area contributed by atoms with Crippen molar-refractivity contribution in [2.75, 3.05) is 7.05 Å². The van der Waals surface area contributed by atoms with Crippen LogP contribution in [0.5, 0.6) is 0 Å².